The third kappa shape index (κ3) is 3.44. The van der Waals surface area contributed by atoms with E-state index in [0.29, 0.717) is 0 Å². The van der Waals surface area contributed by atoms with Crippen LogP contribution in [-0.2, 0) is 11.8 Å². The molecule has 0 aliphatic heterocycles. The van der Waals surface area contributed by atoms with Gasteiger partial charge in [-0.25, -0.2) is 0 Å². The van der Waals surface area contributed by atoms with E-state index in [9.17, 15) is 0 Å². The zero-order chi connectivity index (χ0) is 8.32. The third-order valence-electron chi connectivity index (χ3n) is 1.17. The topological polar surface area (TPSA) is 26.0 Å². The van der Waals surface area contributed by atoms with Crippen molar-refractivity contribution in [2.45, 2.75) is 23.6 Å². The lowest BCUT2D eigenvalue weighted by molar-refractivity contribution is 0.755. The molecule has 0 aliphatic rings. The van der Waals surface area contributed by atoms with Gasteiger partial charge in [-0.05, 0) is 12.1 Å². The second kappa shape index (κ2) is 3.28. The van der Waals surface area contributed by atoms with Gasteiger partial charge in [-0.2, -0.15) is 0 Å². The van der Waals surface area contributed by atoms with E-state index in [1.807, 2.05) is 32.0 Å². The van der Waals surface area contributed by atoms with Crippen molar-refractivity contribution in [2.24, 2.45) is 5.73 Å². The number of rotatable bonds is 2. The van der Waals surface area contributed by atoms with Crippen molar-refractivity contribution in [2.75, 3.05) is 0 Å². The Morgan fingerprint density at radius 1 is 1.18 bits per heavy atom. The predicted molar refractivity (Wildman–Crippen MR) is 51.7 cm³/mol. The summed E-state index contributed by atoms with van der Waals surface area (Å²) >= 11 is 1.19. The van der Waals surface area contributed by atoms with Crippen molar-refractivity contribution in [3.05, 3.63) is 30.3 Å². The molecule has 1 aromatic rings. The maximum atomic E-state index is 5.86. The summed E-state index contributed by atoms with van der Waals surface area (Å²) < 4.78 is 0. The maximum Gasteiger partial charge on any atom is 0.174 e. The molecule has 1 rings (SSSR count). The van der Waals surface area contributed by atoms with Gasteiger partial charge in [0.25, 0.3) is 0 Å². The minimum absolute atomic E-state index is 0.124. The first kappa shape index (κ1) is 8.62. The Bertz CT molecular complexity index is 213. The Hall–Kier alpha value is -0.470. The SMILES string of the molecule is CC(C)(N)[SH+]c1ccccc1. The zero-order valence-electron chi connectivity index (χ0n) is 6.91. The van der Waals surface area contributed by atoms with Gasteiger partial charge in [0.05, 0.1) is 0 Å². The van der Waals surface area contributed by atoms with Crippen LogP contribution in [0.4, 0.5) is 0 Å². The van der Waals surface area contributed by atoms with Gasteiger partial charge >= 0.3 is 0 Å². The van der Waals surface area contributed by atoms with Crippen LogP contribution in [-0.4, -0.2) is 4.87 Å². The molecule has 0 unspecified atom stereocenters. The third-order valence-corrected chi connectivity index (χ3v) is 2.31. The van der Waals surface area contributed by atoms with Gasteiger partial charge in [0.1, 0.15) is 0 Å². The number of benzene rings is 1. The Kier molecular flexibility index (Phi) is 2.58. The summed E-state index contributed by atoms with van der Waals surface area (Å²) in [5, 5.41) is 0. The minimum Gasteiger partial charge on any atom is -0.284 e. The number of hydrogen-bond donors (Lipinski definition) is 1. The van der Waals surface area contributed by atoms with Crippen LogP contribution in [0.2, 0.25) is 0 Å². The van der Waals surface area contributed by atoms with E-state index in [4.69, 9.17) is 5.73 Å². The molecule has 0 saturated heterocycles. The molecular formula is C9H14NS+. The molecule has 2 N–H and O–H groups in total. The van der Waals surface area contributed by atoms with Gasteiger partial charge in [-0.15, -0.1) is 0 Å². The van der Waals surface area contributed by atoms with Crippen LogP contribution < -0.4 is 5.73 Å². The van der Waals surface area contributed by atoms with Gasteiger partial charge in [-0.1, -0.05) is 18.2 Å². The molecule has 0 heterocycles. The van der Waals surface area contributed by atoms with Gasteiger partial charge in [0, 0.05) is 25.6 Å². The van der Waals surface area contributed by atoms with Gasteiger partial charge < -0.3 is 0 Å². The van der Waals surface area contributed by atoms with Crippen molar-refractivity contribution in [1.29, 1.82) is 0 Å². The predicted octanol–water partition coefficient (Wildman–Crippen LogP) is 1.56. The van der Waals surface area contributed by atoms with Crippen LogP contribution in [0.1, 0.15) is 13.8 Å². The molecule has 1 aromatic carbocycles. The van der Waals surface area contributed by atoms with E-state index in [2.05, 4.69) is 12.1 Å². The van der Waals surface area contributed by atoms with Crippen molar-refractivity contribution in [1.82, 2.24) is 0 Å². The summed E-state index contributed by atoms with van der Waals surface area (Å²) in [5.74, 6) is 0. The molecule has 2 heteroatoms. The monoisotopic (exact) mass is 168 g/mol. The Morgan fingerprint density at radius 3 is 2.18 bits per heavy atom. The Labute approximate surface area is 72.0 Å². The zero-order valence-corrected chi connectivity index (χ0v) is 7.81. The van der Waals surface area contributed by atoms with E-state index >= 15 is 0 Å². The second-order valence-electron chi connectivity index (χ2n) is 3.10. The molecule has 1 nitrogen and oxygen atoms in total. The van der Waals surface area contributed by atoms with Gasteiger partial charge in [0.2, 0.25) is 0 Å². The minimum atomic E-state index is -0.124. The fraction of sp³-hybridized carbons (Fsp3) is 0.333. The molecule has 0 saturated carbocycles. The first-order valence-corrected chi connectivity index (χ1v) is 4.54. The number of thiol groups is 1. The van der Waals surface area contributed by atoms with Crippen LogP contribution in [0, 0.1) is 0 Å². The van der Waals surface area contributed by atoms with E-state index < -0.39 is 0 Å². The fourth-order valence-corrected chi connectivity index (χ4v) is 1.82. The lowest BCUT2D eigenvalue weighted by atomic mass is 10.4. The molecule has 60 valence electrons. The average molecular weight is 168 g/mol. The lowest BCUT2D eigenvalue weighted by Gasteiger charge is -2.07. The maximum absolute atomic E-state index is 5.86. The van der Waals surface area contributed by atoms with Crippen molar-refractivity contribution in [3.8, 4) is 0 Å². The highest BCUT2D eigenvalue weighted by atomic mass is 32.2. The summed E-state index contributed by atoms with van der Waals surface area (Å²) in [6.45, 7) is 4.06. The smallest absolute Gasteiger partial charge is 0.174 e. The van der Waals surface area contributed by atoms with Gasteiger partial charge in [-0.3, -0.25) is 5.73 Å². The molecule has 0 aliphatic carbocycles. The average Bonchev–Trinajstić information content (AvgIpc) is 1.85. The Morgan fingerprint density at radius 2 is 1.73 bits per heavy atom. The standard InChI is InChI=1S/C9H13NS/c1-9(2,10)11-8-6-4-3-5-7-8/h3-7H,10H2,1-2H3/p+1. The van der Waals surface area contributed by atoms with E-state index in [1.54, 1.807) is 0 Å². The molecule has 0 bridgehead atoms. The van der Waals surface area contributed by atoms with E-state index in [-0.39, 0.29) is 4.87 Å². The molecular weight excluding hydrogens is 154 g/mol. The summed E-state index contributed by atoms with van der Waals surface area (Å²) in [4.78, 5) is 1.15. The van der Waals surface area contributed by atoms with Crippen LogP contribution in [0.3, 0.4) is 0 Å². The largest absolute Gasteiger partial charge is 0.284 e. The molecule has 0 fully saturated rings. The molecule has 0 amide bonds. The summed E-state index contributed by atoms with van der Waals surface area (Å²) in [6, 6.07) is 10.3. The van der Waals surface area contributed by atoms with Crippen LogP contribution in [0.15, 0.2) is 35.2 Å². The fourth-order valence-electron chi connectivity index (χ4n) is 0.835. The first-order valence-electron chi connectivity index (χ1n) is 3.65. The van der Waals surface area contributed by atoms with Crippen LogP contribution in [0.25, 0.3) is 0 Å². The van der Waals surface area contributed by atoms with Crippen molar-refractivity contribution >= 4 is 11.8 Å². The van der Waals surface area contributed by atoms with E-state index in [0.717, 1.165) is 0 Å². The van der Waals surface area contributed by atoms with Crippen LogP contribution in [0.5, 0.6) is 0 Å². The summed E-state index contributed by atoms with van der Waals surface area (Å²) in [6.07, 6.45) is 0. The lowest BCUT2D eigenvalue weighted by Crippen LogP contribution is -2.33. The molecule has 0 atom stereocenters. The molecule has 0 spiro atoms. The highest BCUT2D eigenvalue weighted by molar-refractivity contribution is 7.80. The quantitative estimate of drug-likeness (QED) is 0.526. The van der Waals surface area contributed by atoms with Crippen molar-refractivity contribution in [3.63, 3.8) is 0 Å². The normalized spacial score (nSPS) is 11.5. The van der Waals surface area contributed by atoms with Crippen molar-refractivity contribution < 1.29 is 0 Å². The molecule has 0 aromatic heterocycles. The number of nitrogens with two attached hydrogens (primary N) is 1. The van der Waals surface area contributed by atoms with Crippen LogP contribution >= 0.6 is 0 Å². The Balaban J connectivity index is 2.66. The molecule has 0 radical (unpaired) electrons. The van der Waals surface area contributed by atoms with Gasteiger partial charge in [0.15, 0.2) is 9.77 Å². The molecule has 11 heavy (non-hydrogen) atoms. The second-order valence-corrected chi connectivity index (χ2v) is 4.99. The first-order chi connectivity index (χ1) is 5.08. The highest BCUT2D eigenvalue weighted by Crippen LogP contribution is 2.10. The highest BCUT2D eigenvalue weighted by Gasteiger charge is 2.20. The summed E-state index contributed by atoms with van der Waals surface area (Å²) in [5.41, 5.74) is 5.86. The van der Waals surface area contributed by atoms with E-state index in [1.165, 1.54) is 16.7 Å². The number of hydrogen-bond acceptors (Lipinski definition) is 1. The summed E-state index contributed by atoms with van der Waals surface area (Å²) in [7, 11) is 0.